The highest BCUT2D eigenvalue weighted by atomic mass is 16.5. The van der Waals surface area contributed by atoms with Crippen molar-refractivity contribution in [3.63, 3.8) is 0 Å². The van der Waals surface area contributed by atoms with E-state index < -0.39 is 0 Å². The second-order valence-corrected chi connectivity index (χ2v) is 5.86. The average molecular weight is 276 g/mol. The third-order valence-electron chi connectivity index (χ3n) is 4.68. The summed E-state index contributed by atoms with van der Waals surface area (Å²) in [5.41, 5.74) is 9.17. The maximum atomic E-state index is 6.55. The van der Waals surface area contributed by atoms with Gasteiger partial charge >= 0.3 is 0 Å². The van der Waals surface area contributed by atoms with Gasteiger partial charge in [0.15, 0.2) is 0 Å². The van der Waals surface area contributed by atoms with E-state index in [0.717, 1.165) is 38.3 Å². The van der Waals surface area contributed by atoms with Gasteiger partial charge in [0.1, 0.15) is 5.75 Å². The van der Waals surface area contributed by atoms with Crippen molar-refractivity contribution >= 4 is 0 Å². The predicted molar refractivity (Wildman–Crippen MR) is 79.0 cm³/mol. The first-order chi connectivity index (χ1) is 9.70. The molecule has 0 spiro atoms. The van der Waals surface area contributed by atoms with Crippen molar-refractivity contribution in [2.75, 3.05) is 26.9 Å². The Hall–Kier alpha value is -1.10. The summed E-state index contributed by atoms with van der Waals surface area (Å²) < 4.78 is 10.8. The zero-order chi connectivity index (χ0) is 14.1. The Morgan fingerprint density at radius 1 is 1.40 bits per heavy atom. The topological polar surface area (TPSA) is 47.7 Å². The molecule has 3 rings (SSSR count). The molecule has 1 aromatic carbocycles. The first-order valence-electron chi connectivity index (χ1n) is 7.46. The molecular weight excluding hydrogens is 252 g/mol. The monoisotopic (exact) mass is 276 g/mol. The van der Waals surface area contributed by atoms with Crippen LogP contribution in [-0.2, 0) is 11.2 Å². The molecule has 1 aromatic rings. The molecule has 4 nitrogen and oxygen atoms in total. The van der Waals surface area contributed by atoms with E-state index in [1.807, 2.05) is 6.07 Å². The van der Waals surface area contributed by atoms with Crippen LogP contribution in [0, 0.1) is 0 Å². The molecule has 0 aromatic heterocycles. The van der Waals surface area contributed by atoms with Crippen LogP contribution in [0.2, 0.25) is 0 Å². The molecule has 4 heteroatoms. The zero-order valence-electron chi connectivity index (χ0n) is 12.3. The lowest BCUT2D eigenvalue weighted by Gasteiger charge is -2.44. The van der Waals surface area contributed by atoms with Crippen molar-refractivity contribution in [2.45, 2.75) is 37.9 Å². The van der Waals surface area contributed by atoms with Crippen molar-refractivity contribution in [1.82, 2.24) is 4.90 Å². The molecule has 3 unspecified atom stereocenters. The van der Waals surface area contributed by atoms with Gasteiger partial charge in [-0.1, -0.05) is 6.07 Å². The van der Waals surface area contributed by atoms with Crippen LogP contribution >= 0.6 is 0 Å². The summed E-state index contributed by atoms with van der Waals surface area (Å²) in [6.45, 7) is 4.86. The molecule has 20 heavy (non-hydrogen) atoms. The number of morpholine rings is 1. The molecule has 1 heterocycles. The van der Waals surface area contributed by atoms with E-state index in [9.17, 15) is 0 Å². The Morgan fingerprint density at radius 2 is 2.25 bits per heavy atom. The largest absolute Gasteiger partial charge is 0.497 e. The number of hydrogen-bond acceptors (Lipinski definition) is 4. The van der Waals surface area contributed by atoms with Gasteiger partial charge in [-0.3, -0.25) is 4.90 Å². The van der Waals surface area contributed by atoms with Crippen LogP contribution < -0.4 is 10.5 Å². The first kappa shape index (κ1) is 13.9. The number of fused-ring (bicyclic) bond motifs is 1. The number of aryl methyl sites for hydroxylation is 1. The van der Waals surface area contributed by atoms with Gasteiger partial charge in [0, 0.05) is 24.7 Å². The van der Waals surface area contributed by atoms with Crippen LogP contribution in [0.3, 0.4) is 0 Å². The lowest BCUT2D eigenvalue weighted by atomic mass is 9.83. The molecule has 1 aliphatic carbocycles. The van der Waals surface area contributed by atoms with Crippen LogP contribution in [0.4, 0.5) is 0 Å². The molecule has 2 N–H and O–H groups in total. The number of methoxy groups -OCH3 is 1. The Labute approximate surface area is 120 Å². The van der Waals surface area contributed by atoms with E-state index in [-0.39, 0.29) is 6.04 Å². The highest BCUT2D eigenvalue weighted by Gasteiger charge is 2.34. The number of hydrogen-bond donors (Lipinski definition) is 1. The summed E-state index contributed by atoms with van der Waals surface area (Å²) in [4.78, 5) is 2.53. The second-order valence-electron chi connectivity index (χ2n) is 5.86. The van der Waals surface area contributed by atoms with Gasteiger partial charge in [0.05, 0.1) is 20.3 Å². The van der Waals surface area contributed by atoms with Gasteiger partial charge in [0.2, 0.25) is 0 Å². The summed E-state index contributed by atoms with van der Waals surface area (Å²) in [6, 6.07) is 7.26. The van der Waals surface area contributed by atoms with Crippen LogP contribution in [0.1, 0.15) is 30.5 Å². The van der Waals surface area contributed by atoms with Crippen molar-refractivity contribution in [2.24, 2.45) is 5.73 Å². The van der Waals surface area contributed by atoms with Gasteiger partial charge in [-0.25, -0.2) is 0 Å². The van der Waals surface area contributed by atoms with Crippen LogP contribution in [0.15, 0.2) is 18.2 Å². The van der Waals surface area contributed by atoms with Crippen molar-refractivity contribution < 1.29 is 9.47 Å². The SMILES string of the molecule is COc1ccc2c(c1)CCC(N1CCOCC1C)C2N. The predicted octanol–water partition coefficient (Wildman–Crippen LogP) is 1.73. The normalized spacial score (nSPS) is 30.9. The zero-order valence-corrected chi connectivity index (χ0v) is 12.3. The maximum Gasteiger partial charge on any atom is 0.119 e. The fourth-order valence-electron chi connectivity index (χ4n) is 3.55. The minimum atomic E-state index is 0.0882. The Bertz CT molecular complexity index is 478. The van der Waals surface area contributed by atoms with Gasteiger partial charge in [-0.05, 0) is 43.0 Å². The van der Waals surface area contributed by atoms with Gasteiger partial charge < -0.3 is 15.2 Å². The van der Waals surface area contributed by atoms with Crippen molar-refractivity contribution in [3.8, 4) is 5.75 Å². The fourth-order valence-corrected chi connectivity index (χ4v) is 3.55. The van der Waals surface area contributed by atoms with Crippen molar-refractivity contribution in [1.29, 1.82) is 0 Å². The molecule has 110 valence electrons. The van der Waals surface area contributed by atoms with E-state index >= 15 is 0 Å². The lowest BCUT2D eigenvalue weighted by Crippen LogP contribution is -2.54. The highest BCUT2D eigenvalue weighted by molar-refractivity contribution is 5.40. The van der Waals surface area contributed by atoms with E-state index in [2.05, 4.69) is 24.0 Å². The first-order valence-corrected chi connectivity index (χ1v) is 7.46. The lowest BCUT2D eigenvalue weighted by molar-refractivity contribution is -0.0304. The van der Waals surface area contributed by atoms with E-state index in [0.29, 0.717) is 12.1 Å². The number of benzene rings is 1. The molecule has 1 saturated heterocycles. The van der Waals surface area contributed by atoms with E-state index in [4.69, 9.17) is 15.2 Å². The van der Waals surface area contributed by atoms with Crippen molar-refractivity contribution in [3.05, 3.63) is 29.3 Å². The molecule has 1 fully saturated rings. The van der Waals surface area contributed by atoms with Gasteiger partial charge in [0.25, 0.3) is 0 Å². The molecule has 3 atom stereocenters. The third kappa shape index (κ3) is 2.43. The van der Waals surface area contributed by atoms with Crippen LogP contribution in [0.25, 0.3) is 0 Å². The quantitative estimate of drug-likeness (QED) is 0.893. The second kappa shape index (κ2) is 5.72. The number of ether oxygens (including phenoxy) is 2. The minimum absolute atomic E-state index is 0.0882. The number of rotatable bonds is 2. The van der Waals surface area contributed by atoms with E-state index in [1.54, 1.807) is 7.11 Å². The highest BCUT2D eigenvalue weighted by Crippen LogP contribution is 2.34. The van der Waals surface area contributed by atoms with E-state index in [1.165, 1.54) is 11.1 Å². The summed E-state index contributed by atoms with van der Waals surface area (Å²) in [7, 11) is 1.71. The van der Waals surface area contributed by atoms with Gasteiger partial charge in [-0.15, -0.1) is 0 Å². The standard InChI is InChI=1S/C16H24N2O2/c1-11-10-20-8-7-18(11)15-6-3-12-9-13(19-2)4-5-14(12)16(15)17/h4-5,9,11,15-16H,3,6-8,10,17H2,1-2H3. The Morgan fingerprint density at radius 3 is 3.00 bits per heavy atom. The summed E-state index contributed by atoms with van der Waals surface area (Å²) >= 11 is 0. The molecule has 1 aliphatic heterocycles. The molecule has 0 saturated carbocycles. The number of nitrogens with two attached hydrogens (primary N) is 1. The van der Waals surface area contributed by atoms with Gasteiger partial charge in [-0.2, -0.15) is 0 Å². The molecule has 0 bridgehead atoms. The average Bonchev–Trinajstić information content (AvgIpc) is 2.48. The third-order valence-corrected chi connectivity index (χ3v) is 4.68. The Kier molecular flexibility index (Phi) is 3.96. The molecule has 0 amide bonds. The summed E-state index contributed by atoms with van der Waals surface area (Å²) in [6.07, 6.45) is 2.20. The fraction of sp³-hybridized carbons (Fsp3) is 0.625. The van der Waals surface area contributed by atoms with Crippen LogP contribution in [0.5, 0.6) is 5.75 Å². The van der Waals surface area contributed by atoms with Crippen LogP contribution in [-0.4, -0.2) is 43.9 Å². The maximum absolute atomic E-state index is 6.55. The smallest absolute Gasteiger partial charge is 0.119 e. The summed E-state index contributed by atoms with van der Waals surface area (Å²) in [5.74, 6) is 0.925. The molecule has 2 aliphatic rings. The minimum Gasteiger partial charge on any atom is -0.497 e. The Balaban J connectivity index is 1.83. The molecule has 0 radical (unpaired) electrons. The summed E-state index contributed by atoms with van der Waals surface area (Å²) in [5, 5.41) is 0. The molecular formula is C16H24N2O2. The number of nitrogens with zero attached hydrogens (tertiary/aromatic N) is 1.